The fourth-order valence-corrected chi connectivity index (χ4v) is 5.03. The first kappa shape index (κ1) is 19.2. The first-order chi connectivity index (χ1) is 14.0. The maximum atomic E-state index is 4.19. The largest absolute Gasteiger partial charge is 0.0988 e. The van der Waals surface area contributed by atoms with Crippen molar-refractivity contribution in [1.82, 2.24) is 0 Å². The van der Waals surface area contributed by atoms with Crippen molar-refractivity contribution in [3.05, 3.63) is 131 Å². The Labute approximate surface area is 175 Å². The van der Waals surface area contributed by atoms with E-state index in [0.717, 1.165) is 0 Å². The third-order valence-electron chi connectivity index (χ3n) is 6.19. The van der Waals surface area contributed by atoms with Crippen molar-refractivity contribution in [2.24, 2.45) is 0 Å². The summed E-state index contributed by atoms with van der Waals surface area (Å²) in [5, 5.41) is 0. The molecule has 0 saturated carbocycles. The molecule has 0 N–H and O–H groups in total. The Morgan fingerprint density at radius 2 is 1.34 bits per heavy atom. The molecule has 0 atom stereocenters. The summed E-state index contributed by atoms with van der Waals surface area (Å²) in [6, 6.07) is 17.7. The highest BCUT2D eigenvalue weighted by molar-refractivity contribution is 5.90. The van der Waals surface area contributed by atoms with E-state index in [0.29, 0.717) is 0 Å². The van der Waals surface area contributed by atoms with Gasteiger partial charge in [-0.2, -0.15) is 0 Å². The van der Waals surface area contributed by atoms with Gasteiger partial charge in [-0.25, -0.2) is 0 Å². The molecule has 0 saturated heterocycles. The van der Waals surface area contributed by atoms with Gasteiger partial charge in [0.1, 0.15) is 0 Å². The molecule has 0 fully saturated rings. The lowest BCUT2D eigenvalue weighted by molar-refractivity contribution is 0.775. The SMILES string of the molecule is C=CC1=C(C=C(C)C)C2(C(/C=C(/C)C=C)=C1C)c1ccccc1-c1ccccc12. The number of fused-ring (bicyclic) bond motifs is 5. The Hall–Kier alpha value is -3.12. The molecule has 2 aromatic carbocycles. The summed E-state index contributed by atoms with van der Waals surface area (Å²) in [6.07, 6.45) is 8.63. The van der Waals surface area contributed by atoms with Crippen molar-refractivity contribution in [3.63, 3.8) is 0 Å². The minimum Gasteiger partial charge on any atom is -0.0988 e. The Bertz CT molecular complexity index is 1110. The summed E-state index contributed by atoms with van der Waals surface area (Å²) in [7, 11) is 0. The normalized spacial score (nSPS) is 16.8. The van der Waals surface area contributed by atoms with Crippen LogP contribution in [0.4, 0.5) is 0 Å². The zero-order valence-corrected chi connectivity index (χ0v) is 17.8. The molecule has 2 aromatic rings. The van der Waals surface area contributed by atoms with Crippen LogP contribution in [0.3, 0.4) is 0 Å². The minimum atomic E-state index is -0.317. The van der Waals surface area contributed by atoms with Crippen LogP contribution in [0, 0.1) is 0 Å². The molecule has 2 aliphatic rings. The second kappa shape index (κ2) is 7.04. The lowest BCUT2D eigenvalue weighted by Gasteiger charge is -2.33. The lowest BCUT2D eigenvalue weighted by atomic mass is 9.68. The molecule has 0 aliphatic heterocycles. The predicted octanol–water partition coefficient (Wildman–Crippen LogP) is 7.86. The van der Waals surface area contributed by atoms with Gasteiger partial charge < -0.3 is 0 Å². The molecule has 0 nitrogen and oxygen atoms in total. The van der Waals surface area contributed by atoms with Crippen LogP contribution in [0.25, 0.3) is 11.1 Å². The van der Waals surface area contributed by atoms with Crippen LogP contribution in [0.15, 0.2) is 119 Å². The van der Waals surface area contributed by atoms with Crippen LogP contribution in [-0.2, 0) is 5.41 Å². The standard InChI is InChI=1S/C29H28/c1-7-20(5)18-27-21(6)22(8-2)28(17-19(3)4)29(27)25-15-11-9-13-23(25)24-14-10-12-16-26(24)29/h7-18H,1-2H2,3-6H3/b20-18-. The Morgan fingerprint density at radius 3 is 1.83 bits per heavy atom. The highest BCUT2D eigenvalue weighted by atomic mass is 14.5. The van der Waals surface area contributed by atoms with Gasteiger partial charge in [-0.05, 0) is 72.2 Å². The number of hydrogen-bond acceptors (Lipinski definition) is 0. The van der Waals surface area contributed by atoms with Crippen LogP contribution < -0.4 is 0 Å². The average Bonchev–Trinajstić information content (AvgIpc) is 3.14. The van der Waals surface area contributed by atoms with Gasteiger partial charge >= 0.3 is 0 Å². The molecule has 29 heavy (non-hydrogen) atoms. The molecule has 0 amide bonds. The molecule has 0 aromatic heterocycles. The van der Waals surface area contributed by atoms with E-state index in [1.165, 1.54) is 55.7 Å². The van der Waals surface area contributed by atoms with Gasteiger partial charge in [0.05, 0.1) is 5.41 Å². The zero-order chi connectivity index (χ0) is 20.8. The fourth-order valence-electron chi connectivity index (χ4n) is 5.03. The van der Waals surface area contributed by atoms with Crippen molar-refractivity contribution < 1.29 is 0 Å². The molecule has 0 unspecified atom stereocenters. The molecule has 0 heterocycles. The second-order valence-electron chi connectivity index (χ2n) is 8.23. The molecular formula is C29H28. The van der Waals surface area contributed by atoms with Gasteiger partial charge in [-0.3, -0.25) is 0 Å². The van der Waals surface area contributed by atoms with Crippen LogP contribution >= 0.6 is 0 Å². The van der Waals surface area contributed by atoms with E-state index < -0.39 is 0 Å². The van der Waals surface area contributed by atoms with Crippen molar-refractivity contribution >= 4 is 0 Å². The van der Waals surface area contributed by atoms with E-state index in [4.69, 9.17) is 0 Å². The molecule has 0 bridgehead atoms. The van der Waals surface area contributed by atoms with Crippen molar-refractivity contribution in [2.75, 3.05) is 0 Å². The first-order valence-electron chi connectivity index (χ1n) is 10.2. The van der Waals surface area contributed by atoms with Gasteiger partial charge in [0, 0.05) is 0 Å². The van der Waals surface area contributed by atoms with E-state index >= 15 is 0 Å². The van der Waals surface area contributed by atoms with Crippen LogP contribution in [0.2, 0.25) is 0 Å². The molecule has 2 aliphatic carbocycles. The molecule has 1 spiro atoms. The lowest BCUT2D eigenvalue weighted by Crippen LogP contribution is -2.27. The third-order valence-corrected chi connectivity index (χ3v) is 6.19. The van der Waals surface area contributed by atoms with Crippen molar-refractivity contribution in [3.8, 4) is 11.1 Å². The number of rotatable bonds is 4. The maximum Gasteiger partial charge on any atom is 0.0722 e. The van der Waals surface area contributed by atoms with Gasteiger partial charge in [-0.1, -0.05) is 97.1 Å². The number of benzene rings is 2. The quantitative estimate of drug-likeness (QED) is 0.476. The van der Waals surface area contributed by atoms with Crippen LogP contribution in [0.5, 0.6) is 0 Å². The number of allylic oxidation sites excluding steroid dienone is 10. The first-order valence-corrected chi connectivity index (χ1v) is 10.2. The third kappa shape index (κ3) is 2.59. The molecule has 4 rings (SSSR count). The Kier molecular flexibility index (Phi) is 4.67. The van der Waals surface area contributed by atoms with E-state index in [1.54, 1.807) is 0 Å². The molecule has 144 valence electrons. The number of hydrogen-bond donors (Lipinski definition) is 0. The summed E-state index contributed by atoms with van der Waals surface area (Å²) >= 11 is 0. The van der Waals surface area contributed by atoms with Crippen LogP contribution in [0.1, 0.15) is 38.8 Å². The van der Waals surface area contributed by atoms with E-state index in [1.807, 2.05) is 12.2 Å². The molecule has 0 heteroatoms. The van der Waals surface area contributed by atoms with E-state index in [2.05, 4.69) is 102 Å². The summed E-state index contributed by atoms with van der Waals surface area (Å²) in [6.45, 7) is 16.9. The smallest absolute Gasteiger partial charge is 0.0722 e. The van der Waals surface area contributed by atoms with Gasteiger partial charge in [0.25, 0.3) is 0 Å². The Morgan fingerprint density at radius 1 is 0.793 bits per heavy atom. The topological polar surface area (TPSA) is 0 Å². The highest BCUT2D eigenvalue weighted by Gasteiger charge is 2.51. The zero-order valence-electron chi connectivity index (χ0n) is 17.8. The summed E-state index contributed by atoms with van der Waals surface area (Å²) in [5.41, 5.74) is 12.7. The fraction of sp³-hybridized carbons (Fsp3) is 0.172. The van der Waals surface area contributed by atoms with Gasteiger partial charge in [0.15, 0.2) is 0 Å². The predicted molar refractivity (Wildman–Crippen MR) is 126 cm³/mol. The second-order valence-corrected chi connectivity index (χ2v) is 8.23. The maximum absolute atomic E-state index is 4.19. The van der Waals surface area contributed by atoms with Gasteiger partial charge in [-0.15, -0.1) is 0 Å². The van der Waals surface area contributed by atoms with E-state index in [-0.39, 0.29) is 5.41 Å². The summed E-state index contributed by atoms with van der Waals surface area (Å²) in [4.78, 5) is 0. The molecular weight excluding hydrogens is 348 g/mol. The van der Waals surface area contributed by atoms with Crippen molar-refractivity contribution in [1.29, 1.82) is 0 Å². The average molecular weight is 377 g/mol. The Balaban J connectivity index is 2.23. The van der Waals surface area contributed by atoms with Gasteiger partial charge in [0.2, 0.25) is 0 Å². The van der Waals surface area contributed by atoms with E-state index in [9.17, 15) is 0 Å². The summed E-state index contributed by atoms with van der Waals surface area (Å²) in [5.74, 6) is 0. The van der Waals surface area contributed by atoms with Crippen molar-refractivity contribution in [2.45, 2.75) is 33.1 Å². The monoisotopic (exact) mass is 376 g/mol. The van der Waals surface area contributed by atoms with Crippen LogP contribution in [-0.4, -0.2) is 0 Å². The summed E-state index contributed by atoms with van der Waals surface area (Å²) < 4.78 is 0. The molecule has 0 radical (unpaired) electrons. The highest BCUT2D eigenvalue weighted by Crippen LogP contribution is 2.62. The minimum absolute atomic E-state index is 0.317.